The normalized spacial score (nSPS) is 23.1. The van der Waals surface area contributed by atoms with Crippen LogP contribution in [0.2, 0.25) is 0 Å². The standard InChI is InChI=1S/C12H11NO4S/c1-18-12-13-11(14)10(17-12)5-7-2-3-8-9(4-7)16-6-15-8/h2-5,12H,6H2,1H3,(H,13,14). The lowest BCUT2D eigenvalue weighted by Crippen LogP contribution is -2.22. The lowest BCUT2D eigenvalue weighted by atomic mass is 10.2. The molecular formula is C12H11NO4S. The molecule has 1 fully saturated rings. The molecule has 0 radical (unpaired) electrons. The Labute approximate surface area is 108 Å². The van der Waals surface area contributed by atoms with Crippen molar-refractivity contribution < 1.29 is 19.0 Å². The maximum absolute atomic E-state index is 11.6. The first-order valence-electron chi connectivity index (χ1n) is 5.38. The van der Waals surface area contributed by atoms with Crippen LogP contribution in [0.15, 0.2) is 24.0 Å². The van der Waals surface area contributed by atoms with Gasteiger partial charge >= 0.3 is 0 Å². The van der Waals surface area contributed by atoms with Crippen LogP contribution >= 0.6 is 11.8 Å². The zero-order chi connectivity index (χ0) is 12.5. The molecule has 1 aromatic carbocycles. The van der Waals surface area contributed by atoms with E-state index >= 15 is 0 Å². The molecule has 1 amide bonds. The molecule has 1 saturated heterocycles. The fraction of sp³-hybridized carbons (Fsp3) is 0.250. The summed E-state index contributed by atoms with van der Waals surface area (Å²) in [5.74, 6) is 1.51. The van der Waals surface area contributed by atoms with E-state index in [9.17, 15) is 4.79 Å². The zero-order valence-corrected chi connectivity index (χ0v) is 10.5. The first-order chi connectivity index (χ1) is 8.76. The van der Waals surface area contributed by atoms with Crippen molar-refractivity contribution in [3.05, 3.63) is 29.5 Å². The molecule has 2 aliphatic heterocycles. The van der Waals surface area contributed by atoms with Crippen LogP contribution in [0.5, 0.6) is 11.5 Å². The topological polar surface area (TPSA) is 56.8 Å². The number of ether oxygens (including phenoxy) is 3. The monoisotopic (exact) mass is 265 g/mol. The fourth-order valence-corrected chi connectivity index (χ4v) is 2.16. The zero-order valence-electron chi connectivity index (χ0n) is 9.64. The fourth-order valence-electron chi connectivity index (χ4n) is 1.74. The van der Waals surface area contributed by atoms with Gasteiger partial charge in [-0.25, -0.2) is 0 Å². The van der Waals surface area contributed by atoms with Crippen molar-refractivity contribution in [3.63, 3.8) is 0 Å². The van der Waals surface area contributed by atoms with Crippen molar-refractivity contribution >= 4 is 23.7 Å². The number of rotatable bonds is 2. The number of amides is 1. The molecule has 1 unspecified atom stereocenters. The summed E-state index contributed by atoms with van der Waals surface area (Å²) >= 11 is 1.43. The molecule has 5 nitrogen and oxygen atoms in total. The van der Waals surface area contributed by atoms with Crippen LogP contribution in [0.3, 0.4) is 0 Å². The number of hydrogen-bond acceptors (Lipinski definition) is 5. The van der Waals surface area contributed by atoms with E-state index in [1.165, 1.54) is 11.8 Å². The summed E-state index contributed by atoms with van der Waals surface area (Å²) in [5.41, 5.74) is 0.531. The van der Waals surface area contributed by atoms with Crippen molar-refractivity contribution in [2.75, 3.05) is 13.0 Å². The van der Waals surface area contributed by atoms with Crippen molar-refractivity contribution in [2.45, 2.75) is 5.56 Å². The number of hydrogen-bond donors (Lipinski definition) is 1. The van der Waals surface area contributed by atoms with Gasteiger partial charge in [0.05, 0.1) is 0 Å². The number of fused-ring (bicyclic) bond motifs is 1. The SMILES string of the molecule is CSC1NC(=O)C(=Cc2ccc3c(c2)OCO3)O1. The Kier molecular flexibility index (Phi) is 2.79. The average molecular weight is 265 g/mol. The van der Waals surface area contributed by atoms with E-state index in [1.54, 1.807) is 6.08 Å². The Hall–Kier alpha value is -1.82. The van der Waals surface area contributed by atoms with Crippen LogP contribution in [-0.2, 0) is 9.53 Å². The highest BCUT2D eigenvalue weighted by molar-refractivity contribution is 7.99. The van der Waals surface area contributed by atoms with Gasteiger partial charge < -0.3 is 19.5 Å². The smallest absolute Gasteiger partial charge is 0.289 e. The Balaban J connectivity index is 1.86. The lowest BCUT2D eigenvalue weighted by Gasteiger charge is -2.04. The van der Waals surface area contributed by atoms with Gasteiger partial charge in [0.15, 0.2) is 17.3 Å². The largest absolute Gasteiger partial charge is 0.455 e. The highest BCUT2D eigenvalue weighted by Gasteiger charge is 2.27. The van der Waals surface area contributed by atoms with Crippen molar-refractivity contribution in [3.8, 4) is 11.5 Å². The molecule has 18 heavy (non-hydrogen) atoms. The molecule has 2 aliphatic rings. The van der Waals surface area contributed by atoms with Gasteiger partial charge in [-0.2, -0.15) is 0 Å². The molecule has 1 aromatic rings. The number of thioether (sulfide) groups is 1. The second kappa shape index (κ2) is 4.45. The molecule has 0 aliphatic carbocycles. The summed E-state index contributed by atoms with van der Waals surface area (Å²) in [6.07, 6.45) is 3.56. The summed E-state index contributed by atoms with van der Waals surface area (Å²) in [6.45, 7) is 0.237. The third-order valence-electron chi connectivity index (χ3n) is 2.62. The van der Waals surface area contributed by atoms with Gasteiger partial charge in [0.25, 0.3) is 5.91 Å². The minimum Gasteiger partial charge on any atom is -0.455 e. The predicted octanol–water partition coefficient (Wildman–Crippen LogP) is 1.55. The quantitative estimate of drug-likeness (QED) is 0.822. The summed E-state index contributed by atoms with van der Waals surface area (Å²) in [7, 11) is 0. The summed E-state index contributed by atoms with van der Waals surface area (Å²) in [4.78, 5) is 11.6. The molecule has 1 N–H and O–H groups in total. The van der Waals surface area contributed by atoms with Crippen LogP contribution in [0, 0.1) is 0 Å². The van der Waals surface area contributed by atoms with Gasteiger partial charge in [-0.3, -0.25) is 4.79 Å². The van der Waals surface area contributed by atoms with E-state index in [2.05, 4.69) is 5.32 Å². The van der Waals surface area contributed by atoms with Crippen LogP contribution in [-0.4, -0.2) is 24.5 Å². The van der Waals surface area contributed by atoms with Gasteiger partial charge in [-0.1, -0.05) is 17.8 Å². The molecule has 0 aromatic heterocycles. The van der Waals surface area contributed by atoms with Crippen molar-refractivity contribution in [1.29, 1.82) is 0 Å². The molecule has 6 heteroatoms. The van der Waals surface area contributed by atoms with Crippen LogP contribution in [0.1, 0.15) is 5.56 Å². The van der Waals surface area contributed by atoms with E-state index in [0.717, 1.165) is 11.3 Å². The van der Waals surface area contributed by atoms with Crippen LogP contribution in [0.25, 0.3) is 6.08 Å². The minimum atomic E-state index is -0.308. The summed E-state index contributed by atoms with van der Waals surface area (Å²) in [6, 6.07) is 5.48. The highest BCUT2D eigenvalue weighted by Crippen LogP contribution is 2.33. The van der Waals surface area contributed by atoms with E-state index in [4.69, 9.17) is 14.2 Å². The third-order valence-corrected chi connectivity index (χ3v) is 3.26. The number of benzene rings is 1. The molecule has 0 spiro atoms. The van der Waals surface area contributed by atoms with Crippen molar-refractivity contribution in [2.24, 2.45) is 0 Å². The van der Waals surface area contributed by atoms with Crippen molar-refractivity contribution in [1.82, 2.24) is 5.32 Å². The van der Waals surface area contributed by atoms with Gasteiger partial charge in [0, 0.05) is 0 Å². The van der Waals surface area contributed by atoms with Gasteiger partial charge in [0.1, 0.15) is 0 Å². The highest BCUT2D eigenvalue weighted by atomic mass is 32.2. The van der Waals surface area contributed by atoms with Gasteiger partial charge in [-0.15, -0.1) is 0 Å². The second-order valence-electron chi connectivity index (χ2n) is 3.78. The van der Waals surface area contributed by atoms with Crippen LogP contribution in [0.4, 0.5) is 0 Å². The lowest BCUT2D eigenvalue weighted by molar-refractivity contribution is -0.116. The van der Waals surface area contributed by atoms with E-state index < -0.39 is 0 Å². The molecular weight excluding hydrogens is 254 g/mol. The summed E-state index contributed by atoms with van der Waals surface area (Å²) < 4.78 is 15.9. The third kappa shape index (κ3) is 1.99. The van der Waals surface area contributed by atoms with E-state index in [0.29, 0.717) is 11.5 Å². The Morgan fingerprint density at radius 3 is 3.00 bits per heavy atom. The van der Waals surface area contributed by atoms with Crippen LogP contribution < -0.4 is 14.8 Å². The maximum Gasteiger partial charge on any atom is 0.289 e. The number of carbonyl (C=O) groups is 1. The molecule has 0 saturated carbocycles. The first-order valence-corrected chi connectivity index (χ1v) is 6.67. The minimum absolute atomic E-state index is 0.202. The summed E-state index contributed by atoms with van der Waals surface area (Å²) in [5, 5.41) is 2.70. The van der Waals surface area contributed by atoms with Gasteiger partial charge in [0.2, 0.25) is 12.4 Å². The molecule has 0 bridgehead atoms. The predicted molar refractivity (Wildman–Crippen MR) is 67.1 cm³/mol. The Bertz CT molecular complexity index is 529. The van der Waals surface area contributed by atoms with E-state index in [1.807, 2.05) is 24.5 Å². The Morgan fingerprint density at radius 1 is 1.39 bits per heavy atom. The molecule has 94 valence electrons. The van der Waals surface area contributed by atoms with E-state index in [-0.39, 0.29) is 18.3 Å². The average Bonchev–Trinajstić information content (AvgIpc) is 2.96. The second-order valence-corrected chi connectivity index (χ2v) is 4.68. The number of nitrogens with one attached hydrogen (secondary N) is 1. The molecule has 3 rings (SSSR count). The number of carbonyl (C=O) groups excluding carboxylic acids is 1. The molecule has 1 atom stereocenters. The molecule has 2 heterocycles. The Morgan fingerprint density at radius 2 is 2.22 bits per heavy atom. The van der Waals surface area contributed by atoms with Gasteiger partial charge in [-0.05, 0) is 30.0 Å². The first kappa shape index (κ1) is 11.3. The maximum atomic E-state index is 11.6.